The molecule has 62 valence electrons. The average Bonchev–Trinajstić information content (AvgIpc) is 2.17. The molecule has 0 aliphatic rings. The molecular weight excluding hydrogens is 228 g/mol. The SMILES string of the molecule is N#Cc1cc2ccccc2nc1Br. The predicted octanol–water partition coefficient (Wildman–Crippen LogP) is 2.87. The van der Waals surface area contributed by atoms with Gasteiger partial charge in [-0.15, -0.1) is 0 Å². The standard InChI is InChI=1S/C10H5BrN2/c11-10-8(6-12)5-7-3-1-2-4-9(7)13-10/h1-5H. The molecule has 2 aromatic rings. The van der Waals surface area contributed by atoms with Gasteiger partial charge in [-0.3, -0.25) is 0 Å². The molecule has 1 aromatic heterocycles. The normalized spacial score (nSPS) is 9.85. The minimum Gasteiger partial charge on any atom is -0.239 e. The number of pyridine rings is 1. The summed E-state index contributed by atoms with van der Waals surface area (Å²) in [7, 11) is 0. The van der Waals surface area contributed by atoms with Crippen molar-refractivity contribution in [2.45, 2.75) is 0 Å². The monoisotopic (exact) mass is 232 g/mol. The summed E-state index contributed by atoms with van der Waals surface area (Å²) < 4.78 is 0.605. The minimum absolute atomic E-state index is 0.568. The van der Waals surface area contributed by atoms with E-state index in [1.807, 2.05) is 30.3 Å². The van der Waals surface area contributed by atoms with Crippen molar-refractivity contribution in [2.24, 2.45) is 0 Å². The maximum atomic E-state index is 8.76. The van der Waals surface area contributed by atoms with E-state index in [4.69, 9.17) is 5.26 Å². The summed E-state index contributed by atoms with van der Waals surface area (Å²) in [5.41, 5.74) is 1.46. The molecule has 2 rings (SSSR count). The summed E-state index contributed by atoms with van der Waals surface area (Å²) >= 11 is 3.24. The molecule has 0 amide bonds. The quantitative estimate of drug-likeness (QED) is 0.656. The van der Waals surface area contributed by atoms with Gasteiger partial charge in [0.2, 0.25) is 0 Å². The molecular formula is C10H5BrN2. The molecule has 1 heterocycles. The lowest BCUT2D eigenvalue weighted by Crippen LogP contribution is -1.84. The number of rotatable bonds is 0. The van der Waals surface area contributed by atoms with Crippen molar-refractivity contribution in [3.8, 4) is 6.07 Å². The van der Waals surface area contributed by atoms with Gasteiger partial charge < -0.3 is 0 Å². The molecule has 13 heavy (non-hydrogen) atoms. The first kappa shape index (κ1) is 8.21. The summed E-state index contributed by atoms with van der Waals surface area (Å²) in [6.07, 6.45) is 0. The fourth-order valence-corrected chi connectivity index (χ4v) is 1.56. The van der Waals surface area contributed by atoms with Gasteiger partial charge in [0.25, 0.3) is 0 Å². The zero-order chi connectivity index (χ0) is 9.26. The van der Waals surface area contributed by atoms with Crippen molar-refractivity contribution >= 4 is 26.8 Å². The first-order chi connectivity index (χ1) is 6.31. The van der Waals surface area contributed by atoms with Crippen LogP contribution in [0.5, 0.6) is 0 Å². The van der Waals surface area contributed by atoms with Crippen molar-refractivity contribution in [2.75, 3.05) is 0 Å². The lowest BCUT2D eigenvalue weighted by atomic mass is 10.2. The number of benzene rings is 1. The second-order valence-corrected chi connectivity index (χ2v) is 3.38. The molecule has 0 bridgehead atoms. The summed E-state index contributed by atoms with van der Waals surface area (Å²) in [5, 5.41) is 9.75. The van der Waals surface area contributed by atoms with Crippen LogP contribution >= 0.6 is 15.9 Å². The van der Waals surface area contributed by atoms with Crippen LogP contribution in [0.4, 0.5) is 0 Å². The van der Waals surface area contributed by atoms with Crippen molar-refractivity contribution in [1.29, 1.82) is 5.26 Å². The van der Waals surface area contributed by atoms with Crippen LogP contribution in [0.2, 0.25) is 0 Å². The van der Waals surface area contributed by atoms with Gasteiger partial charge in [-0.2, -0.15) is 5.26 Å². The molecule has 0 aliphatic heterocycles. The van der Waals surface area contributed by atoms with Gasteiger partial charge in [0.05, 0.1) is 11.1 Å². The number of halogens is 1. The molecule has 0 saturated carbocycles. The Bertz CT molecular complexity index is 500. The number of hydrogen-bond donors (Lipinski definition) is 0. The Labute approximate surface area is 84.0 Å². The van der Waals surface area contributed by atoms with Crippen molar-refractivity contribution in [3.63, 3.8) is 0 Å². The summed E-state index contributed by atoms with van der Waals surface area (Å²) in [6, 6.07) is 11.6. The largest absolute Gasteiger partial charge is 0.239 e. The molecule has 0 saturated heterocycles. The van der Waals surface area contributed by atoms with E-state index in [0.717, 1.165) is 10.9 Å². The topological polar surface area (TPSA) is 36.7 Å². The van der Waals surface area contributed by atoms with Gasteiger partial charge in [0.1, 0.15) is 10.7 Å². The zero-order valence-electron chi connectivity index (χ0n) is 6.66. The van der Waals surface area contributed by atoms with Gasteiger partial charge in [-0.25, -0.2) is 4.98 Å². The molecule has 0 unspecified atom stereocenters. The van der Waals surface area contributed by atoms with Crippen LogP contribution in [0.1, 0.15) is 5.56 Å². The highest BCUT2D eigenvalue weighted by atomic mass is 79.9. The minimum atomic E-state index is 0.568. The van der Waals surface area contributed by atoms with Gasteiger partial charge in [0.15, 0.2) is 0 Å². The third-order valence-electron chi connectivity index (χ3n) is 1.80. The van der Waals surface area contributed by atoms with E-state index in [-0.39, 0.29) is 0 Å². The van der Waals surface area contributed by atoms with E-state index in [1.54, 1.807) is 0 Å². The Morgan fingerprint density at radius 2 is 2.08 bits per heavy atom. The highest BCUT2D eigenvalue weighted by molar-refractivity contribution is 9.10. The third-order valence-corrected chi connectivity index (χ3v) is 2.40. The molecule has 0 radical (unpaired) electrons. The summed E-state index contributed by atoms with van der Waals surface area (Å²) in [4.78, 5) is 4.24. The van der Waals surface area contributed by atoms with E-state index in [2.05, 4.69) is 27.0 Å². The molecule has 1 aromatic carbocycles. The van der Waals surface area contributed by atoms with Crippen LogP contribution in [0.25, 0.3) is 10.9 Å². The van der Waals surface area contributed by atoms with Crippen LogP contribution in [-0.2, 0) is 0 Å². The molecule has 0 fully saturated rings. The number of nitrogens with zero attached hydrogens (tertiary/aromatic N) is 2. The van der Waals surface area contributed by atoms with E-state index in [9.17, 15) is 0 Å². The second-order valence-electron chi connectivity index (χ2n) is 2.63. The van der Waals surface area contributed by atoms with Crippen LogP contribution in [0, 0.1) is 11.3 Å². The number of nitriles is 1. The number of aromatic nitrogens is 1. The first-order valence-electron chi connectivity index (χ1n) is 3.76. The molecule has 0 N–H and O–H groups in total. The molecule has 0 atom stereocenters. The van der Waals surface area contributed by atoms with Crippen molar-refractivity contribution < 1.29 is 0 Å². The second kappa shape index (κ2) is 3.15. The van der Waals surface area contributed by atoms with Crippen molar-refractivity contribution in [3.05, 3.63) is 40.5 Å². The Balaban J connectivity index is 2.83. The molecule has 2 nitrogen and oxygen atoms in total. The Morgan fingerprint density at radius 1 is 1.31 bits per heavy atom. The van der Waals surface area contributed by atoms with Crippen LogP contribution in [0.3, 0.4) is 0 Å². The van der Waals surface area contributed by atoms with Gasteiger partial charge >= 0.3 is 0 Å². The Kier molecular flexibility index (Phi) is 1.99. The Hall–Kier alpha value is -1.40. The highest BCUT2D eigenvalue weighted by Gasteiger charge is 2.01. The van der Waals surface area contributed by atoms with Gasteiger partial charge in [-0.1, -0.05) is 18.2 Å². The number of fused-ring (bicyclic) bond motifs is 1. The summed E-state index contributed by atoms with van der Waals surface area (Å²) in [5.74, 6) is 0. The summed E-state index contributed by atoms with van der Waals surface area (Å²) in [6.45, 7) is 0. The van der Waals surface area contributed by atoms with E-state index < -0.39 is 0 Å². The fraction of sp³-hybridized carbons (Fsp3) is 0. The lowest BCUT2D eigenvalue weighted by molar-refractivity contribution is 1.32. The third kappa shape index (κ3) is 1.41. The maximum Gasteiger partial charge on any atom is 0.124 e. The van der Waals surface area contributed by atoms with Crippen LogP contribution in [-0.4, -0.2) is 4.98 Å². The Morgan fingerprint density at radius 3 is 2.85 bits per heavy atom. The highest BCUT2D eigenvalue weighted by Crippen LogP contribution is 2.19. The van der Waals surface area contributed by atoms with Crippen LogP contribution < -0.4 is 0 Å². The van der Waals surface area contributed by atoms with Crippen molar-refractivity contribution in [1.82, 2.24) is 4.98 Å². The zero-order valence-corrected chi connectivity index (χ0v) is 8.25. The lowest BCUT2D eigenvalue weighted by Gasteiger charge is -1.98. The van der Waals surface area contributed by atoms with Crippen LogP contribution in [0.15, 0.2) is 34.9 Å². The van der Waals surface area contributed by atoms with E-state index >= 15 is 0 Å². The van der Waals surface area contributed by atoms with E-state index in [1.165, 1.54) is 0 Å². The maximum absolute atomic E-state index is 8.76. The fourth-order valence-electron chi connectivity index (χ4n) is 1.17. The molecule has 0 aliphatic carbocycles. The first-order valence-corrected chi connectivity index (χ1v) is 4.56. The van der Waals surface area contributed by atoms with E-state index in [0.29, 0.717) is 10.2 Å². The van der Waals surface area contributed by atoms with Gasteiger partial charge in [-0.05, 0) is 28.1 Å². The smallest absolute Gasteiger partial charge is 0.124 e. The van der Waals surface area contributed by atoms with Gasteiger partial charge in [0, 0.05) is 5.39 Å². The predicted molar refractivity (Wildman–Crippen MR) is 54.2 cm³/mol. The number of hydrogen-bond acceptors (Lipinski definition) is 2. The molecule has 3 heteroatoms. The average molecular weight is 233 g/mol. The molecule has 0 spiro atoms. The number of para-hydroxylation sites is 1.